The first kappa shape index (κ1) is 15.1. The SMILES string of the molecule is CCCCCNc1ncnc(NCCC)c1[N+](=O)[O-]. The zero-order chi connectivity index (χ0) is 14.1. The maximum Gasteiger partial charge on any atom is 0.353 e. The number of aromatic nitrogens is 2. The average molecular weight is 267 g/mol. The number of nitro groups is 1. The van der Waals surface area contributed by atoms with Crippen LogP contribution in [0, 0.1) is 10.1 Å². The molecule has 1 heterocycles. The minimum Gasteiger partial charge on any atom is -0.364 e. The molecule has 0 aliphatic heterocycles. The zero-order valence-electron chi connectivity index (χ0n) is 11.5. The summed E-state index contributed by atoms with van der Waals surface area (Å²) in [4.78, 5) is 18.6. The highest BCUT2D eigenvalue weighted by Crippen LogP contribution is 2.28. The lowest BCUT2D eigenvalue weighted by Crippen LogP contribution is -2.11. The summed E-state index contributed by atoms with van der Waals surface area (Å²) in [6, 6.07) is 0. The Morgan fingerprint density at radius 2 is 1.74 bits per heavy atom. The standard InChI is InChI=1S/C12H21N5O2/c1-3-5-6-8-14-12-10(17(18)19)11(13-7-4-2)15-9-16-12/h9H,3-8H2,1-2H3,(H2,13,14,15,16). The quantitative estimate of drug-likeness (QED) is 0.406. The second-order valence-corrected chi connectivity index (χ2v) is 4.24. The van der Waals surface area contributed by atoms with E-state index < -0.39 is 4.92 Å². The van der Waals surface area contributed by atoms with E-state index in [1.54, 1.807) is 0 Å². The predicted octanol–water partition coefficient (Wildman–Crippen LogP) is 2.81. The van der Waals surface area contributed by atoms with Crippen LogP contribution in [0.4, 0.5) is 17.3 Å². The fraction of sp³-hybridized carbons (Fsp3) is 0.667. The Morgan fingerprint density at radius 3 is 2.26 bits per heavy atom. The molecule has 0 aromatic carbocycles. The topological polar surface area (TPSA) is 93.0 Å². The molecule has 106 valence electrons. The molecule has 0 fully saturated rings. The summed E-state index contributed by atoms with van der Waals surface area (Å²) in [5.74, 6) is 0.564. The van der Waals surface area contributed by atoms with Gasteiger partial charge in [0.15, 0.2) is 0 Å². The second-order valence-electron chi connectivity index (χ2n) is 4.24. The maximum absolute atomic E-state index is 11.1. The summed E-state index contributed by atoms with van der Waals surface area (Å²) >= 11 is 0. The van der Waals surface area contributed by atoms with E-state index in [1.165, 1.54) is 6.33 Å². The smallest absolute Gasteiger partial charge is 0.353 e. The van der Waals surface area contributed by atoms with Crippen LogP contribution in [0.25, 0.3) is 0 Å². The van der Waals surface area contributed by atoms with Crippen LogP contribution in [0.5, 0.6) is 0 Å². The van der Waals surface area contributed by atoms with Gasteiger partial charge in [-0.15, -0.1) is 0 Å². The van der Waals surface area contributed by atoms with E-state index in [-0.39, 0.29) is 17.3 Å². The van der Waals surface area contributed by atoms with E-state index in [0.29, 0.717) is 13.1 Å². The molecule has 1 aromatic heterocycles. The third-order valence-corrected chi connectivity index (χ3v) is 2.62. The first-order chi connectivity index (χ1) is 9.20. The van der Waals surface area contributed by atoms with Gasteiger partial charge in [-0.25, -0.2) is 9.97 Å². The molecular weight excluding hydrogens is 246 g/mol. The van der Waals surface area contributed by atoms with E-state index in [9.17, 15) is 10.1 Å². The number of nitrogens with zero attached hydrogens (tertiary/aromatic N) is 3. The van der Waals surface area contributed by atoms with Gasteiger partial charge < -0.3 is 10.6 Å². The summed E-state index contributed by atoms with van der Waals surface area (Å²) in [5, 5.41) is 17.1. The molecule has 7 heteroatoms. The monoisotopic (exact) mass is 267 g/mol. The Labute approximate surface area is 113 Å². The molecule has 0 saturated carbocycles. The van der Waals surface area contributed by atoms with Gasteiger partial charge in [-0.3, -0.25) is 10.1 Å². The van der Waals surface area contributed by atoms with Crippen molar-refractivity contribution < 1.29 is 4.92 Å². The minimum atomic E-state index is -0.444. The van der Waals surface area contributed by atoms with E-state index in [0.717, 1.165) is 25.7 Å². The van der Waals surface area contributed by atoms with Crippen LogP contribution in [-0.2, 0) is 0 Å². The van der Waals surface area contributed by atoms with Crippen molar-refractivity contribution in [2.24, 2.45) is 0 Å². The normalized spacial score (nSPS) is 10.2. The van der Waals surface area contributed by atoms with Gasteiger partial charge in [0.1, 0.15) is 6.33 Å². The largest absolute Gasteiger partial charge is 0.364 e. The van der Waals surface area contributed by atoms with Gasteiger partial charge in [0, 0.05) is 13.1 Å². The number of rotatable bonds is 9. The second kappa shape index (κ2) is 8.23. The van der Waals surface area contributed by atoms with Crippen molar-refractivity contribution in [1.82, 2.24) is 9.97 Å². The molecule has 19 heavy (non-hydrogen) atoms. The number of nitrogens with one attached hydrogen (secondary N) is 2. The third-order valence-electron chi connectivity index (χ3n) is 2.62. The van der Waals surface area contributed by atoms with Crippen LogP contribution in [0.2, 0.25) is 0 Å². The van der Waals surface area contributed by atoms with Crippen LogP contribution >= 0.6 is 0 Å². The highest BCUT2D eigenvalue weighted by molar-refractivity contribution is 5.69. The fourth-order valence-electron chi connectivity index (χ4n) is 1.64. The average Bonchev–Trinajstić information content (AvgIpc) is 2.41. The van der Waals surface area contributed by atoms with E-state index in [4.69, 9.17) is 0 Å². The molecular formula is C12H21N5O2. The Hall–Kier alpha value is -1.92. The highest BCUT2D eigenvalue weighted by atomic mass is 16.6. The van der Waals surface area contributed by atoms with Crippen LogP contribution in [0.1, 0.15) is 39.5 Å². The molecule has 0 atom stereocenters. The summed E-state index contributed by atoms with van der Waals surface area (Å²) < 4.78 is 0. The van der Waals surface area contributed by atoms with Gasteiger partial charge in [-0.2, -0.15) is 0 Å². The lowest BCUT2D eigenvalue weighted by molar-refractivity contribution is -0.383. The molecule has 7 nitrogen and oxygen atoms in total. The molecule has 0 radical (unpaired) electrons. The molecule has 1 rings (SSSR count). The van der Waals surface area contributed by atoms with E-state index >= 15 is 0 Å². The van der Waals surface area contributed by atoms with Gasteiger partial charge >= 0.3 is 5.69 Å². The lowest BCUT2D eigenvalue weighted by atomic mass is 10.2. The molecule has 0 amide bonds. The third kappa shape index (κ3) is 4.69. The molecule has 0 aliphatic carbocycles. The fourth-order valence-corrected chi connectivity index (χ4v) is 1.64. The number of hydrogen-bond acceptors (Lipinski definition) is 6. The molecule has 0 bridgehead atoms. The van der Waals surface area contributed by atoms with Gasteiger partial charge in [0.25, 0.3) is 0 Å². The molecule has 0 spiro atoms. The van der Waals surface area contributed by atoms with Crippen molar-refractivity contribution in [3.8, 4) is 0 Å². The zero-order valence-corrected chi connectivity index (χ0v) is 11.5. The Bertz CT molecular complexity index is 411. The highest BCUT2D eigenvalue weighted by Gasteiger charge is 2.22. The lowest BCUT2D eigenvalue weighted by Gasteiger charge is -2.09. The molecule has 0 aliphatic rings. The summed E-state index contributed by atoms with van der Waals surface area (Å²) in [5.41, 5.74) is -0.0764. The van der Waals surface area contributed by atoms with E-state index in [2.05, 4.69) is 27.5 Å². The van der Waals surface area contributed by atoms with Crippen molar-refractivity contribution >= 4 is 17.3 Å². The molecule has 1 aromatic rings. The number of hydrogen-bond donors (Lipinski definition) is 2. The number of unbranched alkanes of at least 4 members (excludes halogenated alkanes) is 2. The first-order valence-electron chi connectivity index (χ1n) is 6.67. The maximum atomic E-state index is 11.1. The van der Waals surface area contributed by atoms with Gasteiger partial charge in [0.2, 0.25) is 11.6 Å². The van der Waals surface area contributed by atoms with E-state index in [1.807, 2.05) is 6.92 Å². The van der Waals surface area contributed by atoms with Crippen molar-refractivity contribution in [2.75, 3.05) is 23.7 Å². The number of anilines is 2. The predicted molar refractivity (Wildman–Crippen MR) is 75.5 cm³/mol. The summed E-state index contributed by atoms with van der Waals surface area (Å²) in [6.45, 7) is 5.43. The van der Waals surface area contributed by atoms with Crippen LogP contribution < -0.4 is 10.6 Å². The minimum absolute atomic E-state index is 0.0764. The first-order valence-corrected chi connectivity index (χ1v) is 6.67. The van der Waals surface area contributed by atoms with Crippen LogP contribution in [0.3, 0.4) is 0 Å². The summed E-state index contributed by atoms with van der Waals surface area (Å²) in [7, 11) is 0. The van der Waals surface area contributed by atoms with Gasteiger partial charge in [-0.05, 0) is 12.8 Å². The molecule has 2 N–H and O–H groups in total. The van der Waals surface area contributed by atoms with Crippen molar-refractivity contribution in [1.29, 1.82) is 0 Å². The van der Waals surface area contributed by atoms with Gasteiger partial charge in [-0.1, -0.05) is 26.7 Å². The van der Waals surface area contributed by atoms with Crippen LogP contribution in [0.15, 0.2) is 6.33 Å². The Morgan fingerprint density at radius 1 is 1.11 bits per heavy atom. The van der Waals surface area contributed by atoms with Gasteiger partial charge in [0.05, 0.1) is 4.92 Å². The summed E-state index contributed by atoms with van der Waals surface area (Å²) in [6.07, 6.45) is 5.38. The van der Waals surface area contributed by atoms with Crippen molar-refractivity contribution in [3.63, 3.8) is 0 Å². The molecule has 0 saturated heterocycles. The molecule has 0 unspecified atom stereocenters. The van der Waals surface area contributed by atoms with Crippen molar-refractivity contribution in [3.05, 3.63) is 16.4 Å². The Kier molecular flexibility index (Phi) is 6.56. The van der Waals surface area contributed by atoms with Crippen LogP contribution in [-0.4, -0.2) is 28.0 Å². The van der Waals surface area contributed by atoms with Crippen molar-refractivity contribution in [2.45, 2.75) is 39.5 Å². The Balaban J connectivity index is 2.80.